The third-order valence-electron chi connectivity index (χ3n) is 6.31. The van der Waals surface area contributed by atoms with E-state index in [0.29, 0.717) is 13.0 Å². The number of rotatable bonds is 10. The Morgan fingerprint density at radius 1 is 0.970 bits per heavy atom. The summed E-state index contributed by atoms with van der Waals surface area (Å²) < 4.78 is 27.9. The molecule has 0 saturated heterocycles. The number of hydrogen-bond donors (Lipinski definition) is 1. The second-order valence-corrected chi connectivity index (χ2v) is 8.58. The first-order valence-electron chi connectivity index (χ1n) is 11.5. The SMILES string of the molecule is O=C(C=C[C@@H]1CC1(c1cccc(F)c1)c1cccc(F)c1)NCCCCCc1ccccn1. The average molecular weight is 447 g/mol. The molecular weight excluding hydrogens is 418 g/mol. The number of allylic oxidation sites excluding steroid dienone is 1. The molecule has 0 spiro atoms. The maximum absolute atomic E-state index is 13.9. The van der Waals surface area contributed by atoms with E-state index >= 15 is 0 Å². The molecule has 0 radical (unpaired) electrons. The van der Waals surface area contributed by atoms with Gasteiger partial charge in [0.05, 0.1) is 0 Å². The number of carbonyl (C=O) groups is 1. The summed E-state index contributed by atoms with van der Waals surface area (Å²) in [6.45, 7) is 0.620. The van der Waals surface area contributed by atoms with Crippen LogP contribution in [-0.2, 0) is 16.6 Å². The van der Waals surface area contributed by atoms with Crippen LogP contribution < -0.4 is 5.32 Å². The Kier molecular flexibility index (Phi) is 7.28. The Labute approximate surface area is 193 Å². The van der Waals surface area contributed by atoms with E-state index in [1.54, 1.807) is 24.4 Å². The standard InChI is InChI=1S/C28H28F2N2O/c29-24-10-6-8-21(18-24)28(22-9-7-11-25(30)19-22)20-23(28)14-15-27(33)32-17-4-1-2-12-26-13-3-5-16-31-26/h3,5-11,13-16,18-19,23H,1-2,4,12,17,20H2,(H,32,33)/t23-/m1/s1. The number of aryl methyl sites for hydroxylation is 1. The van der Waals surface area contributed by atoms with Crippen LogP contribution in [0, 0.1) is 17.6 Å². The van der Waals surface area contributed by atoms with Gasteiger partial charge in [0.1, 0.15) is 11.6 Å². The highest BCUT2D eigenvalue weighted by atomic mass is 19.1. The highest BCUT2D eigenvalue weighted by Crippen LogP contribution is 2.59. The summed E-state index contributed by atoms with van der Waals surface area (Å²) in [4.78, 5) is 16.6. The van der Waals surface area contributed by atoms with Gasteiger partial charge in [-0.1, -0.05) is 42.8 Å². The number of nitrogens with one attached hydrogen (secondary N) is 1. The van der Waals surface area contributed by atoms with Crippen LogP contribution in [0.5, 0.6) is 0 Å². The summed E-state index contributed by atoms with van der Waals surface area (Å²) in [7, 11) is 0. The minimum atomic E-state index is -0.507. The topological polar surface area (TPSA) is 42.0 Å². The van der Waals surface area contributed by atoms with Gasteiger partial charge in [0.25, 0.3) is 0 Å². The van der Waals surface area contributed by atoms with Crippen molar-refractivity contribution in [3.63, 3.8) is 0 Å². The molecule has 0 aliphatic heterocycles. The first-order valence-corrected chi connectivity index (χ1v) is 11.5. The Bertz CT molecular complexity index is 1070. The number of nitrogens with zero attached hydrogens (tertiary/aromatic N) is 1. The molecule has 1 aliphatic rings. The first kappa shape index (κ1) is 22.8. The van der Waals surface area contributed by atoms with E-state index in [4.69, 9.17) is 0 Å². The Morgan fingerprint density at radius 3 is 2.33 bits per heavy atom. The first-order chi connectivity index (χ1) is 16.1. The molecule has 2 aromatic carbocycles. The lowest BCUT2D eigenvalue weighted by Gasteiger charge is -2.18. The van der Waals surface area contributed by atoms with Gasteiger partial charge in [-0.05, 0) is 85.2 Å². The van der Waals surface area contributed by atoms with Gasteiger partial charge >= 0.3 is 0 Å². The normalized spacial score (nSPS) is 16.6. The fourth-order valence-electron chi connectivity index (χ4n) is 4.51. The number of unbranched alkanes of at least 4 members (excludes halogenated alkanes) is 2. The highest BCUT2D eigenvalue weighted by molar-refractivity contribution is 5.87. The van der Waals surface area contributed by atoms with E-state index in [9.17, 15) is 13.6 Å². The van der Waals surface area contributed by atoms with Crippen molar-refractivity contribution in [2.24, 2.45) is 5.92 Å². The second kappa shape index (κ2) is 10.5. The van der Waals surface area contributed by atoms with Crippen LogP contribution in [0.3, 0.4) is 0 Å². The van der Waals surface area contributed by atoms with Crippen molar-refractivity contribution in [3.05, 3.63) is 114 Å². The molecule has 5 heteroatoms. The molecule has 170 valence electrons. The van der Waals surface area contributed by atoms with Gasteiger partial charge in [-0.25, -0.2) is 8.78 Å². The minimum absolute atomic E-state index is 0.00484. The summed E-state index contributed by atoms with van der Waals surface area (Å²) in [5.74, 6) is -0.776. The molecule has 1 aromatic heterocycles. The average Bonchev–Trinajstić information content (AvgIpc) is 3.56. The van der Waals surface area contributed by atoms with Crippen LogP contribution >= 0.6 is 0 Å². The number of pyridine rings is 1. The summed E-state index contributed by atoms with van der Waals surface area (Å²) in [6.07, 6.45) is 9.84. The molecular formula is C28H28F2N2O. The number of aromatic nitrogens is 1. The van der Waals surface area contributed by atoms with Gasteiger partial charge in [0.15, 0.2) is 0 Å². The van der Waals surface area contributed by atoms with E-state index in [0.717, 1.165) is 42.5 Å². The number of hydrogen-bond acceptors (Lipinski definition) is 2. The van der Waals surface area contributed by atoms with Gasteiger partial charge < -0.3 is 5.32 Å². The van der Waals surface area contributed by atoms with Crippen molar-refractivity contribution in [1.82, 2.24) is 10.3 Å². The van der Waals surface area contributed by atoms with E-state index in [-0.39, 0.29) is 23.5 Å². The fourth-order valence-corrected chi connectivity index (χ4v) is 4.51. The predicted molar refractivity (Wildman–Crippen MR) is 126 cm³/mol. The molecule has 1 amide bonds. The van der Waals surface area contributed by atoms with Crippen LogP contribution in [-0.4, -0.2) is 17.4 Å². The smallest absolute Gasteiger partial charge is 0.243 e. The van der Waals surface area contributed by atoms with Crippen LogP contribution in [0.1, 0.15) is 42.5 Å². The van der Waals surface area contributed by atoms with E-state index < -0.39 is 5.41 Å². The second-order valence-electron chi connectivity index (χ2n) is 8.58. The van der Waals surface area contributed by atoms with Gasteiger partial charge in [0.2, 0.25) is 5.91 Å². The molecule has 4 rings (SSSR count). The minimum Gasteiger partial charge on any atom is -0.353 e. The number of carbonyl (C=O) groups excluding carboxylic acids is 1. The zero-order valence-corrected chi connectivity index (χ0v) is 18.5. The lowest BCUT2D eigenvalue weighted by Crippen LogP contribution is -2.22. The molecule has 33 heavy (non-hydrogen) atoms. The Morgan fingerprint density at radius 2 is 1.70 bits per heavy atom. The molecule has 1 heterocycles. The van der Waals surface area contributed by atoms with Crippen LogP contribution in [0.4, 0.5) is 8.78 Å². The summed E-state index contributed by atoms with van der Waals surface area (Å²) >= 11 is 0. The lowest BCUT2D eigenvalue weighted by atomic mass is 9.85. The van der Waals surface area contributed by atoms with Crippen molar-refractivity contribution in [2.75, 3.05) is 6.54 Å². The van der Waals surface area contributed by atoms with Crippen molar-refractivity contribution < 1.29 is 13.6 Å². The quantitative estimate of drug-likeness (QED) is 0.318. The zero-order chi connectivity index (χ0) is 23.1. The van der Waals surface area contributed by atoms with Gasteiger partial charge in [-0.3, -0.25) is 9.78 Å². The maximum atomic E-state index is 13.9. The van der Waals surface area contributed by atoms with Crippen molar-refractivity contribution in [3.8, 4) is 0 Å². The van der Waals surface area contributed by atoms with E-state index in [1.165, 1.54) is 24.3 Å². The van der Waals surface area contributed by atoms with E-state index in [2.05, 4.69) is 10.3 Å². The van der Waals surface area contributed by atoms with Crippen LogP contribution in [0.15, 0.2) is 85.1 Å². The van der Waals surface area contributed by atoms with Crippen LogP contribution in [0.2, 0.25) is 0 Å². The van der Waals surface area contributed by atoms with Gasteiger partial charge in [0, 0.05) is 23.9 Å². The molecule has 1 aliphatic carbocycles. The molecule has 3 nitrogen and oxygen atoms in total. The number of benzene rings is 2. The summed E-state index contributed by atoms with van der Waals surface area (Å²) in [6, 6.07) is 18.8. The monoisotopic (exact) mass is 446 g/mol. The number of amides is 1. The van der Waals surface area contributed by atoms with Crippen molar-refractivity contribution >= 4 is 5.91 Å². The van der Waals surface area contributed by atoms with Crippen molar-refractivity contribution in [1.29, 1.82) is 0 Å². The molecule has 1 fully saturated rings. The summed E-state index contributed by atoms with van der Waals surface area (Å²) in [5, 5.41) is 2.93. The molecule has 3 aromatic rings. The number of halogens is 2. The molecule has 1 saturated carbocycles. The third kappa shape index (κ3) is 5.72. The predicted octanol–water partition coefficient (Wildman–Crippen LogP) is 5.75. The molecule has 1 atom stereocenters. The van der Waals surface area contributed by atoms with Crippen LogP contribution in [0.25, 0.3) is 0 Å². The maximum Gasteiger partial charge on any atom is 0.243 e. The largest absolute Gasteiger partial charge is 0.353 e. The zero-order valence-electron chi connectivity index (χ0n) is 18.5. The Balaban J connectivity index is 1.30. The van der Waals surface area contributed by atoms with Crippen molar-refractivity contribution in [2.45, 2.75) is 37.5 Å². The molecule has 0 unspecified atom stereocenters. The van der Waals surface area contributed by atoms with Gasteiger partial charge in [-0.2, -0.15) is 0 Å². The highest BCUT2D eigenvalue weighted by Gasteiger charge is 2.55. The summed E-state index contributed by atoms with van der Waals surface area (Å²) in [5.41, 5.74) is 2.19. The van der Waals surface area contributed by atoms with E-state index in [1.807, 2.05) is 36.4 Å². The Hall–Kier alpha value is -3.34. The lowest BCUT2D eigenvalue weighted by molar-refractivity contribution is -0.116. The van der Waals surface area contributed by atoms with Gasteiger partial charge in [-0.15, -0.1) is 0 Å². The molecule has 1 N–H and O–H groups in total. The fraction of sp³-hybridized carbons (Fsp3) is 0.286. The third-order valence-corrected chi connectivity index (χ3v) is 6.31. The molecule has 0 bridgehead atoms.